The fourth-order valence-electron chi connectivity index (χ4n) is 5.89. The molecule has 5 aromatic rings. The van der Waals surface area contributed by atoms with Gasteiger partial charge in [0.25, 0.3) is 5.91 Å². The molecule has 2 fully saturated rings. The monoisotopic (exact) mass is 588 g/mol. The molecule has 44 heavy (non-hydrogen) atoms. The van der Waals surface area contributed by atoms with Crippen LogP contribution in [0.4, 0.5) is 15.8 Å². The molecule has 7 rings (SSSR count). The Balaban J connectivity index is 1.27. The first kappa shape index (κ1) is 27.3. The van der Waals surface area contributed by atoms with Crippen molar-refractivity contribution in [1.29, 1.82) is 0 Å². The highest BCUT2D eigenvalue weighted by molar-refractivity contribution is 6.26. The number of fused-ring (bicyclic) bond motifs is 2. The third kappa shape index (κ3) is 4.54. The highest BCUT2D eigenvalue weighted by atomic mass is 19.1. The number of halogens is 1. The standard InChI is InChI=1S/C35H25FN2O6/c1-42-29-20-23(16-19-28(29)43-35(41)22-14-17-24(36)18-15-22)31-30-32(44-38(31)25-10-3-2-4-11-25)34(40)37(33(30)39)27-13-7-9-21-8-5-6-12-26(21)27/h2-20,30-32H,1H3/t30-,31-,32-/m0/s1. The van der Waals surface area contributed by atoms with E-state index >= 15 is 0 Å². The number of carbonyl (C=O) groups is 3. The van der Waals surface area contributed by atoms with E-state index in [0.717, 1.165) is 10.8 Å². The second-order valence-corrected chi connectivity index (χ2v) is 10.5. The van der Waals surface area contributed by atoms with Crippen molar-refractivity contribution in [3.8, 4) is 11.5 Å². The average Bonchev–Trinajstić information content (AvgIpc) is 3.57. The number of hydrogen-bond donors (Lipinski definition) is 0. The molecule has 0 unspecified atom stereocenters. The first-order chi connectivity index (χ1) is 21.4. The number of para-hydroxylation sites is 1. The first-order valence-corrected chi connectivity index (χ1v) is 14.0. The molecule has 0 aliphatic carbocycles. The van der Waals surface area contributed by atoms with Gasteiger partial charge in [0.2, 0.25) is 5.91 Å². The van der Waals surface area contributed by atoms with Gasteiger partial charge in [0.1, 0.15) is 11.7 Å². The van der Waals surface area contributed by atoms with Crippen molar-refractivity contribution in [3.05, 3.63) is 132 Å². The molecule has 5 aromatic carbocycles. The summed E-state index contributed by atoms with van der Waals surface area (Å²) in [6.45, 7) is 0. The Kier molecular flexibility index (Phi) is 6.79. The summed E-state index contributed by atoms with van der Waals surface area (Å²) >= 11 is 0. The molecule has 0 aromatic heterocycles. The van der Waals surface area contributed by atoms with E-state index in [-0.39, 0.29) is 23.0 Å². The van der Waals surface area contributed by atoms with Gasteiger partial charge in [0, 0.05) is 5.39 Å². The maximum Gasteiger partial charge on any atom is 0.343 e. The number of methoxy groups -OCH3 is 1. The fourth-order valence-corrected chi connectivity index (χ4v) is 5.89. The van der Waals surface area contributed by atoms with Crippen molar-refractivity contribution >= 4 is 39.9 Å². The molecule has 0 spiro atoms. The van der Waals surface area contributed by atoms with Crippen LogP contribution < -0.4 is 19.4 Å². The third-order valence-electron chi connectivity index (χ3n) is 7.95. The molecule has 2 amide bonds. The Labute approximate surface area is 251 Å². The molecule has 218 valence electrons. The van der Waals surface area contributed by atoms with E-state index in [1.54, 1.807) is 29.3 Å². The summed E-state index contributed by atoms with van der Waals surface area (Å²) in [4.78, 5) is 48.4. The number of rotatable bonds is 6. The van der Waals surface area contributed by atoms with Crippen molar-refractivity contribution in [2.45, 2.75) is 12.1 Å². The number of benzene rings is 5. The lowest BCUT2D eigenvalue weighted by molar-refractivity contribution is -0.126. The number of amides is 2. The molecule has 2 heterocycles. The zero-order valence-corrected chi connectivity index (χ0v) is 23.4. The first-order valence-electron chi connectivity index (χ1n) is 14.0. The molecule has 2 aliphatic heterocycles. The summed E-state index contributed by atoms with van der Waals surface area (Å²) in [7, 11) is 1.43. The Hall–Kier alpha value is -5.54. The molecule has 0 saturated carbocycles. The summed E-state index contributed by atoms with van der Waals surface area (Å²) in [5.41, 5.74) is 1.95. The van der Waals surface area contributed by atoms with Crippen LogP contribution in [0.3, 0.4) is 0 Å². The maximum atomic E-state index is 14.2. The predicted octanol–water partition coefficient (Wildman–Crippen LogP) is 6.26. The summed E-state index contributed by atoms with van der Waals surface area (Å²) in [6, 6.07) is 31.5. The molecule has 3 atom stereocenters. The van der Waals surface area contributed by atoms with Crippen LogP contribution in [0, 0.1) is 11.7 Å². The molecular weight excluding hydrogens is 563 g/mol. The summed E-state index contributed by atoms with van der Waals surface area (Å²) in [5.74, 6) is -2.49. The number of hydroxylamine groups is 1. The van der Waals surface area contributed by atoms with Crippen LogP contribution >= 0.6 is 0 Å². The number of imide groups is 1. The van der Waals surface area contributed by atoms with E-state index in [9.17, 15) is 18.8 Å². The second-order valence-electron chi connectivity index (χ2n) is 10.5. The SMILES string of the molecule is COc1cc([C@H]2[C@@H]3C(=O)N(c4cccc5ccccc45)C(=O)[C@H]3ON2c2ccccc2)ccc1OC(=O)c1ccc(F)cc1. The van der Waals surface area contributed by atoms with E-state index in [1.807, 2.05) is 66.7 Å². The van der Waals surface area contributed by atoms with E-state index in [1.165, 1.54) is 36.3 Å². The molecule has 0 radical (unpaired) electrons. The van der Waals surface area contributed by atoms with Gasteiger partial charge in [-0.05, 0) is 65.5 Å². The van der Waals surface area contributed by atoms with Gasteiger partial charge in [0.05, 0.1) is 30.1 Å². The highest BCUT2D eigenvalue weighted by Crippen LogP contribution is 2.49. The minimum absolute atomic E-state index is 0.138. The number of esters is 1. The van der Waals surface area contributed by atoms with Crippen LogP contribution in [0.5, 0.6) is 11.5 Å². The molecule has 2 saturated heterocycles. The lowest BCUT2D eigenvalue weighted by Gasteiger charge is -2.29. The van der Waals surface area contributed by atoms with Gasteiger partial charge in [-0.25, -0.2) is 19.1 Å². The van der Waals surface area contributed by atoms with Gasteiger partial charge >= 0.3 is 5.97 Å². The van der Waals surface area contributed by atoms with Crippen molar-refractivity contribution in [2.24, 2.45) is 5.92 Å². The van der Waals surface area contributed by atoms with Crippen LogP contribution in [0.15, 0.2) is 115 Å². The van der Waals surface area contributed by atoms with Crippen molar-refractivity contribution in [1.82, 2.24) is 0 Å². The summed E-state index contributed by atoms with van der Waals surface area (Å²) in [6.07, 6.45) is -1.06. The normalized spacial score (nSPS) is 19.4. The molecule has 9 heteroatoms. The average molecular weight is 589 g/mol. The zero-order valence-electron chi connectivity index (χ0n) is 23.4. The zero-order chi connectivity index (χ0) is 30.4. The number of nitrogens with zero attached hydrogens (tertiary/aromatic N) is 2. The minimum atomic E-state index is -1.06. The van der Waals surface area contributed by atoms with Crippen LogP contribution in [0.2, 0.25) is 0 Å². The van der Waals surface area contributed by atoms with Crippen LogP contribution in [0.1, 0.15) is 22.0 Å². The number of carbonyl (C=O) groups excluding carboxylic acids is 3. The van der Waals surface area contributed by atoms with E-state index in [2.05, 4.69) is 0 Å². The minimum Gasteiger partial charge on any atom is -0.493 e. The summed E-state index contributed by atoms with van der Waals surface area (Å²) < 4.78 is 24.5. The Morgan fingerprint density at radius 3 is 2.30 bits per heavy atom. The number of ether oxygens (including phenoxy) is 2. The van der Waals surface area contributed by atoms with Gasteiger partial charge < -0.3 is 9.47 Å². The highest BCUT2D eigenvalue weighted by Gasteiger charge is 2.60. The second kappa shape index (κ2) is 10.9. The van der Waals surface area contributed by atoms with Gasteiger partial charge in [-0.1, -0.05) is 60.7 Å². The van der Waals surface area contributed by atoms with Gasteiger partial charge in [-0.2, -0.15) is 0 Å². The van der Waals surface area contributed by atoms with Crippen LogP contribution in [0.25, 0.3) is 10.8 Å². The maximum absolute atomic E-state index is 14.2. The smallest absolute Gasteiger partial charge is 0.343 e. The lowest BCUT2D eigenvalue weighted by Crippen LogP contribution is -2.37. The molecular formula is C35H25FN2O6. The van der Waals surface area contributed by atoms with E-state index < -0.39 is 35.8 Å². The Morgan fingerprint density at radius 2 is 1.52 bits per heavy atom. The quantitative estimate of drug-likeness (QED) is 0.132. The summed E-state index contributed by atoms with van der Waals surface area (Å²) in [5, 5.41) is 3.27. The van der Waals surface area contributed by atoms with Gasteiger partial charge in [-0.3, -0.25) is 14.4 Å². The van der Waals surface area contributed by atoms with Gasteiger partial charge in [-0.15, -0.1) is 0 Å². The number of anilines is 2. The topological polar surface area (TPSA) is 85.4 Å². The lowest BCUT2D eigenvalue weighted by atomic mass is 9.90. The third-order valence-corrected chi connectivity index (χ3v) is 7.95. The molecule has 2 aliphatic rings. The number of hydrogen-bond acceptors (Lipinski definition) is 7. The van der Waals surface area contributed by atoms with Crippen molar-refractivity contribution in [2.75, 3.05) is 17.1 Å². The molecule has 8 nitrogen and oxygen atoms in total. The van der Waals surface area contributed by atoms with E-state index in [4.69, 9.17) is 14.3 Å². The van der Waals surface area contributed by atoms with Crippen LogP contribution in [-0.4, -0.2) is 31.0 Å². The Bertz CT molecular complexity index is 1910. The fraction of sp³-hybridized carbons (Fsp3) is 0.114. The molecule has 0 bridgehead atoms. The van der Waals surface area contributed by atoms with Crippen molar-refractivity contribution in [3.63, 3.8) is 0 Å². The van der Waals surface area contributed by atoms with Crippen molar-refractivity contribution < 1.29 is 33.1 Å². The Morgan fingerprint density at radius 1 is 0.795 bits per heavy atom. The van der Waals surface area contributed by atoms with Gasteiger partial charge in [0.15, 0.2) is 17.6 Å². The molecule has 0 N–H and O–H groups in total. The van der Waals surface area contributed by atoms with Crippen LogP contribution in [-0.2, 0) is 14.4 Å². The predicted molar refractivity (Wildman–Crippen MR) is 161 cm³/mol. The largest absolute Gasteiger partial charge is 0.493 e. The van der Waals surface area contributed by atoms with E-state index in [0.29, 0.717) is 16.9 Å².